The molecule has 4 aliphatic rings. The number of ketones is 1. The molecule has 8 rings (SSSR count). The summed E-state index contributed by atoms with van der Waals surface area (Å²) in [5.41, 5.74) is 5.10. The Kier molecular flexibility index (Phi) is 5.99. The van der Waals surface area contributed by atoms with Crippen LogP contribution in [0.25, 0.3) is 0 Å². The van der Waals surface area contributed by atoms with Crippen molar-refractivity contribution in [3.05, 3.63) is 135 Å². The maximum absolute atomic E-state index is 14.1. The van der Waals surface area contributed by atoms with Crippen LogP contribution < -0.4 is 4.90 Å². The number of nitrogens with zero attached hydrogens (tertiary/aromatic N) is 1. The molecule has 4 aromatic rings. The van der Waals surface area contributed by atoms with Crippen molar-refractivity contribution in [2.75, 3.05) is 11.5 Å². The van der Waals surface area contributed by atoms with E-state index in [1.165, 1.54) is 17.0 Å². The highest BCUT2D eigenvalue weighted by Crippen LogP contribution is 2.66. The second kappa shape index (κ2) is 9.50. The number of benzene rings is 4. The average molecular weight is 627 g/mol. The van der Waals surface area contributed by atoms with E-state index in [1.54, 1.807) is 36.4 Å². The zero-order valence-corrected chi connectivity index (χ0v) is 23.8. The van der Waals surface area contributed by atoms with Gasteiger partial charge < -0.3 is 4.74 Å². The lowest BCUT2D eigenvalue weighted by Gasteiger charge is -2.51. The first-order valence-corrected chi connectivity index (χ1v) is 14.3. The molecule has 0 radical (unpaired) electrons. The summed E-state index contributed by atoms with van der Waals surface area (Å²) in [7, 11) is 0. The van der Waals surface area contributed by atoms with Crippen molar-refractivity contribution in [3.63, 3.8) is 0 Å². The average Bonchev–Trinajstić information content (AvgIpc) is 3.27. The molecular formula is C33H21BrClNO5. The predicted molar refractivity (Wildman–Crippen MR) is 156 cm³/mol. The van der Waals surface area contributed by atoms with Gasteiger partial charge in [0.1, 0.15) is 0 Å². The fraction of sp³-hybridized carbons (Fsp3) is 0.152. The van der Waals surface area contributed by atoms with Crippen molar-refractivity contribution in [1.82, 2.24) is 0 Å². The van der Waals surface area contributed by atoms with Crippen molar-refractivity contribution in [1.29, 1.82) is 0 Å². The minimum absolute atomic E-state index is 0.200. The number of esters is 1. The number of hydrogen-bond donors (Lipinski definition) is 0. The van der Waals surface area contributed by atoms with Crippen molar-refractivity contribution < 1.29 is 23.9 Å². The molecule has 6 nitrogen and oxygen atoms in total. The second-order valence-electron chi connectivity index (χ2n) is 10.4. The molecule has 0 saturated carbocycles. The van der Waals surface area contributed by atoms with Crippen molar-refractivity contribution >= 4 is 56.8 Å². The molecule has 0 aromatic heterocycles. The lowest BCUT2D eigenvalue weighted by atomic mass is 9.55. The third-order valence-electron chi connectivity index (χ3n) is 8.38. The molecule has 8 heteroatoms. The van der Waals surface area contributed by atoms with E-state index in [1.807, 2.05) is 48.5 Å². The highest BCUT2D eigenvalue weighted by Gasteiger charge is 2.67. The van der Waals surface area contributed by atoms with Gasteiger partial charge in [-0.05, 0) is 70.8 Å². The quantitative estimate of drug-likeness (QED) is 0.113. The molecule has 1 heterocycles. The first-order chi connectivity index (χ1) is 19.8. The molecule has 0 N–H and O–H groups in total. The highest BCUT2D eigenvalue weighted by atomic mass is 79.9. The van der Waals surface area contributed by atoms with Gasteiger partial charge >= 0.3 is 5.97 Å². The number of carbonyl (C=O) groups is 4. The monoisotopic (exact) mass is 625 g/mol. The molecule has 41 heavy (non-hydrogen) atoms. The molecule has 202 valence electrons. The van der Waals surface area contributed by atoms with Gasteiger partial charge in [-0.1, -0.05) is 76.1 Å². The maximum atomic E-state index is 14.1. The lowest BCUT2D eigenvalue weighted by molar-refractivity contribution is -0.122. The Bertz CT molecular complexity index is 1720. The third kappa shape index (κ3) is 3.76. The van der Waals surface area contributed by atoms with E-state index in [0.717, 1.165) is 22.3 Å². The Morgan fingerprint density at radius 3 is 1.95 bits per heavy atom. The molecule has 1 aliphatic heterocycles. The molecule has 1 fully saturated rings. The number of hydrogen-bond acceptors (Lipinski definition) is 5. The smallest absolute Gasteiger partial charge is 0.338 e. The van der Waals surface area contributed by atoms with Crippen molar-refractivity contribution in [3.8, 4) is 0 Å². The van der Waals surface area contributed by atoms with E-state index in [-0.39, 0.29) is 29.1 Å². The number of imide groups is 1. The van der Waals surface area contributed by atoms with Crippen LogP contribution in [0.5, 0.6) is 0 Å². The van der Waals surface area contributed by atoms with Gasteiger partial charge in [0.25, 0.3) is 0 Å². The zero-order valence-electron chi connectivity index (χ0n) is 21.4. The molecule has 2 amide bonds. The molecule has 4 aromatic carbocycles. The minimum atomic E-state index is -0.832. The van der Waals surface area contributed by atoms with Crippen LogP contribution in [-0.2, 0) is 18.7 Å². The summed E-state index contributed by atoms with van der Waals surface area (Å²) in [5, 5.41) is 0.501. The highest BCUT2D eigenvalue weighted by molar-refractivity contribution is 9.09. The Hall–Kier alpha value is -4.07. The number of carbonyl (C=O) groups excluding carboxylic acids is 4. The summed E-state index contributed by atoms with van der Waals surface area (Å²) < 4.78 is 4.37. The summed E-state index contributed by atoms with van der Waals surface area (Å²) >= 11 is 9.85. The van der Waals surface area contributed by atoms with Crippen LogP contribution in [0.2, 0.25) is 5.02 Å². The second-order valence-corrected chi connectivity index (χ2v) is 12.1. The van der Waals surface area contributed by atoms with Gasteiger partial charge in [-0.2, -0.15) is 0 Å². The van der Waals surface area contributed by atoms with Gasteiger partial charge in [-0.3, -0.25) is 14.4 Å². The first-order valence-electron chi connectivity index (χ1n) is 13.1. The Morgan fingerprint density at radius 1 is 0.780 bits per heavy atom. The molecule has 2 atom stereocenters. The van der Waals surface area contributed by atoms with E-state index in [4.69, 9.17) is 16.3 Å². The Balaban J connectivity index is 1.15. The molecule has 1 saturated heterocycles. The van der Waals surface area contributed by atoms with Gasteiger partial charge in [-0.15, -0.1) is 0 Å². The summed E-state index contributed by atoms with van der Waals surface area (Å²) in [6.07, 6.45) is 0. The summed E-state index contributed by atoms with van der Waals surface area (Å²) in [4.78, 5) is 54.3. The fourth-order valence-electron chi connectivity index (χ4n) is 6.61. The summed E-state index contributed by atoms with van der Waals surface area (Å²) in [6.45, 7) is -0.426. The van der Waals surface area contributed by atoms with Crippen LogP contribution in [0.15, 0.2) is 97.1 Å². The van der Waals surface area contributed by atoms with E-state index >= 15 is 0 Å². The summed E-state index contributed by atoms with van der Waals surface area (Å²) in [6, 6.07) is 28.4. The van der Waals surface area contributed by atoms with E-state index in [9.17, 15) is 19.2 Å². The first kappa shape index (κ1) is 25.9. The van der Waals surface area contributed by atoms with Crippen LogP contribution in [0.4, 0.5) is 5.69 Å². The molecule has 0 unspecified atom stereocenters. The van der Waals surface area contributed by atoms with Crippen LogP contribution in [-0.4, -0.2) is 30.2 Å². The number of Topliss-reactive ketones (excluding diaryl/α,β-unsaturated/α-hetero) is 1. The molecule has 2 bridgehead atoms. The Morgan fingerprint density at radius 2 is 1.34 bits per heavy atom. The fourth-order valence-corrected chi connectivity index (χ4v) is 7.94. The normalized spacial score (nSPS) is 23.6. The SMILES string of the molecule is O=C(COC(=O)c1ccc(N2C(=O)[C@@H]3C4c5ccccc5C(Br)(c5ccccc54)[C@H]3C2=O)cc1)c1ccc(Cl)cc1. The summed E-state index contributed by atoms with van der Waals surface area (Å²) in [5.74, 6) is -3.00. The number of ether oxygens (including phenoxy) is 1. The van der Waals surface area contributed by atoms with Gasteiger partial charge in [0, 0.05) is 16.5 Å². The number of amides is 2. The van der Waals surface area contributed by atoms with Crippen LogP contribution in [0, 0.1) is 11.8 Å². The van der Waals surface area contributed by atoms with Crippen LogP contribution in [0.1, 0.15) is 48.9 Å². The van der Waals surface area contributed by atoms with Gasteiger partial charge in [-0.25, -0.2) is 9.69 Å². The van der Waals surface area contributed by atoms with E-state index in [0.29, 0.717) is 16.3 Å². The van der Waals surface area contributed by atoms with E-state index in [2.05, 4.69) is 15.9 Å². The number of rotatable bonds is 5. The number of alkyl halides is 1. The standard InChI is InChI=1S/C33H21BrClNO5/c34-33-24-7-3-1-5-22(24)27(23-6-2-4-8-25(23)33)28-29(33)31(39)36(30(28)38)21-15-11-19(12-16-21)32(40)41-17-26(37)18-9-13-20(35)14-10-18/h1-16,27-29H,17H2/t27?,28-,29-,33?/m1/s1. The van der Waals surface area contributed by atoms with Crippen molar-refractivity contribution in [2.45, 2.75) is 10.2 Å². The lowest BCUT2D eigenvalue weighted by Crippen LogP contribution is -2.50. The topological polar surface area (TPSA) is 80.8 Å². The van der Waals surface area contributed by atoms with Gasteiger partial charge in [0.15, 0.2) is 12.4 Å². The van der Waals surface area contributed by atoms with Gasteiger partial charge in [0.2, 0.25) is 11.8 Å². The zero-order chi connectivity index (χ0) is 28.5. The predicted octanol–water partition coefficient (Wildman–Crippen LogP) is 6.28. The maximum Gasteiger partial charge on any atom is 0.338 e. The van der Waals surface area contributed by atoms with Gasteiger partial charge in [0.05, 0.1) is 27.4 Å². The largest absolute Gasteiger partial charge is 0.454 e. The molecular weight excluding hydrogens is 606 g/mol. The van der Waals surface area contributed by atoms with E-state index < -0.39 is 28.7 Å². The minimum Gasteiger partial charge on any atom is -0.454 e. The number of halogens is 2. The van der Waals surface area contributed by atoms with Crippen LogP contribution >= 0.6 is 27.5 Å². The van der Waals surface area contributed by atoms with Crippen molar-refractivity contribution in [2.24, 2.45) is 11.8 Å². The molecule has 0 spiro atoms. The third-order valence-corrected chi connectivity index (χ3v) is 9.98. The molecule has 3 aliphatic carbocycles. The number of anilines is 1. The Labute approximate surface area is 249 Å². The van der Waals surface area contributed by atoms with Crippen LogP contribution in [0.3, 0.4) is 0 Å².